The number of carbonyl (C=O) groups excluding carboxylic acids is 1. The summed E-state index contributed by atoms with van der Waals surface area (Å²) >= 11 is 16.4. The molecule has 5 nitrogen and oxygen atoms in total. The third-order valence-electron chi connectivity index (χ3n) is 2.67. The van der Waals surface area contributed by atoms with E-state index in [1.54, 1.807) is 12.1 Å². The minimum absolute atomic E-state index is 0.307. The van der Waals surface area contributed by atoms with Gasteiger partial charge in [0.1, 0.15) is 16.0 Å². The van der Waals surface area contributed by atoms with Gasteiger partial charge in [0.25, 0.3) is 5.91 Å². The Hall–Kier alpha value is -1.28. The molecule has 0 bridgehead atoms. The van der Waals surface area contributed by atoms with Crippen molar-refractivity contribution >= 4 is 73.5 Å². The van der Waals surface area contributed by atoms with E-state index >= 15 is 0 Å². The molecule has 2 aromatic rings. The lowest BCUT2D eigenvalue weighted by Gasteiger charge is -2.11. The molecule has 106 valence electrons. The first-order valence-corrected chi connectivity index (χ1v) is 7.87. The Kier molecular flexibility index (Phi) is 4.08. The van der Waals surface area contributed by atoms with Gasteiger partial charge in [-0.2, -0.15) is 8.73 Å². The number of pyridine rings is 1. The Balaban J connectivity index is 1.98. The van der Waals surface area contributed by atoms with Crippen LogP contribution in [-0.4, -0.2) is 10.9 Å². The number of rotatable bonds is 2. The summed E-state index contributed by atoms with van der Waals surface area (Å²) in [6.45, 7) is 0. The van der Waals surface area contributed by atoms with Gasteiger partial charge >= 0.3 is 0 Å². The van der Waals surface area contributed by atoms with E-state index < -0.39 is 0 Å². The SMILES string of the molecule is O=C(Nc1c(Cl)cc(Cl)c2c1N=S=N2)c1ccnc(Br)c1. The minimum atomic E-state index is -0.323. The number of nitrogens with one attached hydrogen (secondary N) is 1. The molecule has 2 heterocycles. The van der Waals surface area contributed by atoms with Crippen LogP contribution in [0, 0.1) is 0 Å². The smallest absolute Gasteiger partial charge is 0.255 e. The van der Waals surface area contributed by atoms with E-state index in [2.05, 4.69) is 35.0 Å². The second-order valence-corrected chi connectivity index (χ2v) is 6.15. The molecular formula is C12H5BrCl2N4OS. The van der Waals surface area contributed by atoms with Crippen LogP contribution in [0.1, 0.15) is 10.4 Å². The maximum atomic E-state index is 12.3. The van der Waals surface area contributed by atoms with Gasteiger partial charge in [-0.3, -0.25) is 4.79 Å². The van der Waals surface area contributed by atoms with Crippen LogP contribution in [0.3, 0.4) is 0 Å². The summed E-state index contributed by atoms with van der Waals surface area (Å²) < 4.78 is 8.78. The molecule has 0 saturated heterocycles. The molecule has 1 N–H and O–H groups in total. The average Bonchev–Trinajstić information content (AvgIpc) is 2.93. The molecule has 0 saturated carbocycles. The summed E-state index contributed by atoms with van der Waals surface area (Å²) in [5.74, 6) is -0.323. The lowest BCUT2D eigenvalue weighted by atomic mass is 10.2. The maximum Gasteiger partial charge on any atom is 0.255 e. The van der Waals surface area contributed by atoms with E-state index in [0.717, 1.165) is 11.4 Å². The van der Waals surface area contributed by atoms with Crippen molar-refractivity contribution in [2.24, 2.45) is 8.73 Å². The second-order valence-electron chi connectivity index (χ2n) is 4.00. The molecule has 1 aromatic heterocycles. The molecule has 0 spiro atoms. The zero-order valence-corrected chi connectivity index (χ0v) is 14.0. The summed E-state index contributed by atoms with van der Waals surface area (Å²) in [5, 5.41) is 3.44. The summed E-state index contributed by atoms with van der Waals surface area (Å²) in [6, 6.07) is 4.74. The van der Waals surface area contributed by atoms with Crippen LogP contribution < -0.4 is 5.32 Å². The molecule has 1 aromatic carbocycles. The predicted molar refractivity (Wildman–Crippen MR) is 87.9 cm³/mol. The van der Waals surface area contributed by atoms with Crippen LogP contribution >= 0.6 is 39.1 Å². The first-order chi connectivity index (χ1) is 10.1. The van der Waals surface area contributed by atoms with Crippen molar-refractivity contribution in [3.63, 3.8) is 0 Å². The summed E-state index contributed by atoms with van der Waals surface area (Å²) in [7, 11) is 0. The lowest BCUT2D eigenvalue weighted by Crippen LogP contribution is -2.12. The molecule has 1 amide bonds. The fraction of sp³-hybridized carbons (Fsp3) is 0. The Morgan fingerprint density at radius 1 is 1.19 bits per heavy atom. The number of halogens is 3. The van der Waals surface area contributed by atoms with Gasteiger partial charge in [-0.15, -0.1) is 0 Å². The predicted octanol–water partition coefficient (Wildman–Crippen LogP) is 5.13. The van der Waals surface area contributed by atoms with Crippen LogP contribution in [-0.2, 0) is 11.4 Å². The van der Waals surface area contributed by atoms with Gasteiger partial charge in [-0.1, -0.05) is 23.2 Å². The number of fused-ring (bicyclic) bond motifs is 1. The minimum Gasteiger partial charge on any atom is -0.319 e. The van der Waals surface area contributed by atoms with Crippen molar-refractivity contribution in [3.8, 4) is 0 Å². The Morgan fingerprint density at radius 2 is 1.95 bits per heavy atom. The van der Waals surface area contributed by atoms with Gasteiger partial charge in [0.2, 0.25) is 0 Å². The zero-order valence-electron chi connectivity index (χ0n) is 10.1. The van der Waals surface area contributed by atoms with Crippen LogP contribution in [0.25, 0.3) is 0 Å². The molecule has 1 aliphatic heterocycles. The third-order valence-corrected chi connectivity index (χ3v) is 4.22. The standard InChI is InChI=1S/C12H5BrCl2N4OS/c13-8-3-5(1-2-16-8)12(20)17-9-6(14)4-7(15)10-11(9)19-21-18-10/h1-4H,(H,17,20). The highest BCUT2D eigenvalue weighted by atomic mass is 79.9. The monoisotopic (exact) mass is 402 g/mol. The number of hydrogen-bond acceptors (Lipinski definition) is 4. The van der Waals surface area contributed by atoms with Gasteiger partial charge in [-0.05, 0) is 34.1 Å². The fourth-order valence-corrected chi connectivity index (χ4v) is 3.25. The number of aromatic nitrogens is 1. The van der Waals surface area contributed by atoms with E-state index in [0.29, 0.717) is 37.3 Å². The largest absolute Gasteiger partial charge is 0.319 e. The maximum absolute atomic E-state index is 12.3. The first-order valence-electron chi connectivity index (χ1n) is 5.59. The normalized spacial score (nSPS) is 12.0. The Labute approximate surface area is 141 Å². The highest BCUT2D eigenvalue weighted by Gasteiger charge is 2.20. The van der Waals surface area contributed by atoms with Crippen LogP contribution in [0.5, 0.6) is 0 Å². The average molecular weight is 404 g/mol. The van der Waals surface area contributed by atoms with Gasteiger partial charge in [0.05, 0.1) is 27.1 Å². The van der Waals surface area contributed by atoms with Crippen molar-refractivity contribution < 1.29 is 4.79 Å². The highest BCUT2D eigenvalue weighted by molar-refractivity contribution is 9.10. The number of nitrogens with zero attached hydrogens (tertiary/aromatic N) is 3. The molecule has 9 heteroatoms. The number of carbonyl (C=O) groups is 1. The van der Waals surface area contributed by atoms with Crippen LogP contribution in [0.2, 0.25) is 10.0 Å². The molecule has 0 fully saturated rings. The van der Waals surface area contributed by atoms with E-state index in [1.165, 1.54) is 12.3 Å². The van der Waals surface area contributed by atoms with Crippen molar-refractivity contribution in [2.45, 2.75) is 0 Å². The van der Waals surface area contributed by atoms with E-state index in [9.17, 15) is 4.79 Å². The van der Waals surface area contributed by atoms with E-state index in [4.69, 9.17) is 23.2 Å². The molecule has 1 aliphatic rings. The molecule has 0 aliphatic carbocycles. The Bertz CT molecular complexity index is 836. The van der Waals surface area contributed by atoms with Gasteiger partial charge in [0.15, 0.2) is 0 Å². The number of anilines is 1. The summed E-state index contributed by atoms with van der Waals surface area (Å²) in [4.78, 5) is 16.2. The first kappa shape index (κ1) is 14.6. The number of benzene rings is 1. The summed E-state index contributed by atoms with van der Waals surface area (Å²) in [6.07, 6.45) is 1.53. The van der Waals surface area contributed by atoms with Gasteiger partial charge in [-0.25, -0.2) is 4.98 Å². The quantitative estimate of drug-likeness (QED) is 0.602. The molecule has 0 unspecified atom stereocenters. The van der Waals surface area contributed by atoms with Crippen molar-refractivity contribution in [1.29, 1.82) is 0 Å². The summed E-state index contributed by atoms with van der Waals surface area (Å²) in [5.41, 5.74) is 1.82. The molecule has 0 atom stereocenters. The molecular weight excluding hydrogens is 399 g/mol. The van der Waals surface area contributed by atoms with E-state index in [-0.39, 0.29) is 5.91 Å². The van der Waals surface area contributed by atoms with E-state index in [1.807, 2.05) is 0 Å². The van der Waals surface area contributed by atoms with Gasteiger partial charge in [0, 0.05) is 11.8 Å². The number of hydrogen-bond donors (Lipinski definition) is 1. The van der Waals surface area contributed by atoms with Gasteiger partial charge < -0.3 is 5.32 Å². The lowest BCUT2D eigenvalue weighted by molar-refractivity contribution is 0.102. The van der Waals surface area contributed by atoms with Crippen LogP contribution in [0.4, 0.5) is 17.1 Å². The fourth-order valence-electron chi connectivity index (χ4n) is 1.72. The second kappa shape index (κ2) is 5.84. The molecule has 3 rings (SSSR count). The zero-order chi connectivity index (χ0) is 15.0. The topological polar surface area (TPSA) is 66.7 Å². The van der Waals surface area contributed by atoms with Crippen LogP contribution in [0.15, 0.2) is 37.7 Å². The van der Waals surface area contributed by atoms with Crippen molar-refractivity contribution in [3.05, 3.63) is 44.6 Å². The van der Waals surface area contributed by atoms with Crippen molar-refractivity contribution in [1.82, 2.24) is 4.98 Å². The highest BCUT2D eigenvalue weighted by Crippen LogP contribution is 2.47. The van der Waals surface area contributed by atoms with Crippen molar-refractivity contribution in [2.75, 3.05) is 5.32 Å². The number of amides is 1. The Morgan fingerprint density at radius 3 is 2.71 bits per heavy atom. The third kappa shape index (κ3) is 2.87. The molecule has 0 radical (unpaired) electrons. The molecule has 21 heavy (non-hydrogen) atoms.